The van der Waals surface area contributed by atoms with Crippen molar-refractivity contribution in [2.24, 2.45) is 5.41 Å². The summed E-state index contributed by atoms with van der Waals surface area (Å²) >= 11 is 5.61. The first-order valence-corrected chi connectivity index (χ1v) is 10.9. The van der Waals surface area contributed by atoms with Crippen LogP contribution >= 0.6 is 11.6 Å². The number of benzene rings is 1. The van der Waals surface area contributed by atoms with Crippen LogP contribution in [0.1, 0.15) is 32.1 Å². The Morgan fingerprint density at radius 1 is 1.25 bits per heavy atom. The number of hydrogen-bond acceptors (Lipinski definition) is 5. The minimum atomic E-state index is -2.78. The fourth-order valence-corrected chi connectivity index (χ4v) is 5.05. The van der Waals surface area contributed by atoms with E-state index < -0.39 is 23.9 Å². The Kier molecular flexibility index (Phi) is 6.56. The van der Waals surface area contributed by atoms with Crippen molar-refractivity contribution in [3.8, 4) is 5.75 Å². The van der Waals surface area contributed by atoms with Gasteiger partial charge in [-0.05, 0) is 44.2 Å². The van der Waals surface area contributed by atoms with E-state index in [0.717, 1.165) is 6.07 Å². The minimum Gasteiger partial charge on any atom is -0.484 e. The van der Waals surface area contributed by atoms with Crippen LogP contribution in [0.25, 0.3) is 0 Å². The summed E-state index contributed by atoms with van der Waals surface area (Å²) in [5.41, 5.74) is -0.838. The predicted octanol–water partition coefficient (Wildman–Crippen LogP) is 2.37. The molecule has 0 radical (unpaired) electrons. The fourth-order valence-electron chi connectivity index (χ4n) is 4.94. The molecule has 2 bridgehead atoms. The van der Waals surface area contributed by atoms with E-state index in [-0.39, 0.29) is 40.8 Å². The normalized spacial score (nSPS) is 30.8. The van der Waals surface area contributed by atoms with Gasteiger partial charge in [-0.1, -0.05) is 11.6 Å². The van der Waals surface area contributed by atoms with Gasteiger partial charge in [0.25, 0.3) is 5.91 Å². The lowest BCUT2D eigenvalue weighted by atomic mass is 9.39. The maximum atomic E-state index is 13.4. The largest absolute Gasteiger partial charge is 0.484 e. The smallest absolute Gasteiger partial charge is 0.345 e. The highest BCUT2D eigenvalue weighted by Crippen LogP contribution is 2.67. The Bertz CT molecular complexity index is 860. The van der Waals surface area contributed by atoms with Gasteiger partial charge in [-0.2, -0.15) is 8.78 Å². The highest BCUT2D eigenvalue weighted by Gasteiger charge is 2.72. The van der Waals surface area contributed by atoms with Gasteiger partial charge in [0.05, 0.1) is 16.5 Å². The van der Waals surface area contributed by atoms with Crippen LogP contribution in [-0.4, -0.2) is 55.8 Å². The van der Waals surface area contributed by atoms with Crippen LogP contribution in [0, 0.1) is 11.2 Å². The first-order valence-electron chi connectivity index (χ1n) is 10.5. The lowest BCUT2D eigenvalue weighted by Gasteiger charge is -2.69. The quantitative estimate of drug-likeness (QED) is 0.510. The zero-order valence-electron chi connectivity index (χ0n) is 17.3. The molecule has 2 unspecified atom stereocenters. The number of nitrogens with one attached hydrogen (secondary N) is 3. The fraction of sp³-hybridized carbons (Fsp3) is 0.619. The van der Waals surface area contributed by atoms with E-state index in [1.165, 1.54) is 12.1 Å². The van der Waals surface area contributed by atoms with Crippen molar-refractivity contribution in [2.75, 3.05) is 19.7 Å². The molecule has 32 heavy (non-hydrogen) atoms. The Morgan fingerprint density at radius 2 is 2.00 bits per heavy atom. The van der Waals surface area contributed by atoms with E-state index in [2.05, 4.69) is 20.7 Å². The van der Waals surface area contributed by atoms with Gasteiger partial charge in [-0.3, -0.25) is 9.59 Å². The lowest BCUT2D eigenvalue weighted by molar-refractivity contribution is -0.184. The monoisotopic (exact) mass is 475 g/mol. The first kappa shape index (κ1) is 23.1. The van der Waals surface area contributed by atoms with Crippen molar-refractivity contribution >= 4 is 23.4 Å². The molecule has 3 aliphatic carbocycles. The zero-order chi connectivity index (χ0) is 22.9. The van der Waals surface area contributed by atoms with E-state index in [0.29, 0.717) is 45.2 Å². The number of hydrogen-bond donors (Lipinski definition) is 3. The molecule has 2 atom stereocenters. The Balaban J connectivity index is 1.13. The number of carbonyl (C=O) groups excluding carboxylic acids is 2. The average molecular weight is 476 g/mol. The van der Waals surface area contributed by atoms with Crippen molar-refractivity contribution in [1.82, 2.24) is 16.0 Å². The molecule has 1 aliphatic heterocycles. The molecule has 1 heterocycles. The van der Waals surface area contributed by atoms with Crippen LogP contribution in [0.3, 0.4) is 0 Å². The standard InChI is InChI=1S/C21H25ClF3N3O4/c22-15-4-3-13(5-16(15)23)31-8-17(29)28-21-9-20(10-21,11-21)18(30)27-6-12-1-2-14(7-26-12)32-19(24)25/h3-5,12,14,19,26H,1-2,6-11H2,(H,27,30)(H,28,29). The summed E-state index contributed by atoms with van der Waals surface area (Å²) in [5.74, 6) is -0.795. The maximum absolute atomic E-state index is 13.4. The third kappa shape index (κ3) is 4.97. The Hall–Kier alpha value is -2.04. The molecule has 7 nitrogen and oxygen atoms in total. The third-order valence-electron chi connectivity index (χ3n) is 6.45. The van der Waals surface area contributed by atoms with Crippen molar-refractivity contribution in [3.05, 3.63) is 29.0 Å². The van der Waals surface area contributed by atoms with Crippen LogP contribution < -0.4 is 20.7 Å². The maximum Gasteiger partial charge on any atom is 0.345 e. The molecule has 1 saturated heterocycles. The summed E-state index contributed by atoms with van der Waals surface area (Å²) in [6.07, 6.45) is 2.34. The van der Waals surface area contributed by atoms with E-state index in [4.69, 9.17) is 16.3 Å². The molecule has 5 rings (SSSR count). The molecular weight excluding hydrogens is 451 g/mol. The van der Waals surface area contributed by atoms with E-state index in [1.807, 2.05) is 0 Å². The molecule has 4 aliphatic rings. The zero-order valence-corrected chi connectivity index (χ0v) is 18.0. The number of amides is 2. The van der Waals surface area contributed by atoms with Gasteiger partial charge >= 0.3 is 6.61 Å². The van der Waals surface area contributed by atoms with Gasteiger partial charge in [0.15, 0.2) is 6.61 Å². The number of halogens is 4. The molecule has 176 valence electrons. The van der Waals surface area contributed by atoms with Gasteiger partial charge in [-0.15, -0.1) is 0 Å². The van der Waals surface area contributed by atoms with Crippen LogP contribution in [-0.2, 0) is 14.3 Å². The van der Waals surface area contributed by atoms with Crippen LogP contribution in [0.2, 0.25) is 5.02 Å². The highest BCUT2D eigenvalue weighted by molar-refractivity contribution is 6.30. The summed E-state index contributed by atoms with van der Waals surface area (Å²) < 4.78 is 47.7. The highest BCUT2D eigenvalue weighted by atomic mass is 35.5. The Labute approximate surface area is 188 Å². The van der Waals surface area contributed by atoms with E-state index >= 15 is 0 Å². The average Bonchev–Trinajstić information content (AvgIpc) is 2.69. The summed E-state index contributed by atoms with van der Waals surface area (Å²) in [6, 6.07) is 3.97. The van der Waals surface area contributed by atoms with E-state index in [1.54, 1.807) is 0 Å². The summed E-state index contributed by atoms with van der Waals surface area (Å²) in [6.45, 7) is -2.28. The van der Waals surface area contributed by atoms with Gasteiger partial charge < -0.3 is 25.4 Å². The van der Waals surface area contributed by atoms with Gasteiger partial charge in [-0.25, -0.2) is 4.39 Å². The number of ether oxygens (including phenoxy) is 2. The number of rotatable bonds is 9. The third-order valence-corrected chi connectivity index (χ3v) is 6.76. The van der Waals surface area contributed by atoms with Crippen molar-refractivity contribution < 1.29 is 32.2 Å². The lowest BCUT2D eigenvalue weighted by Crippen LogP contribution is -2.78. The van der Waals surface area contributed by atoms with E-state index in [9.17, 15) is 22.8 Å². The van der Waals surface area contributed by atoms with Gasteiger partial charge in [0.1, 0.15) is 11.6 Å². The van der Waals surface area contributed by atoms with Crippen molar-refractivity contribution in [1.29, 1.82) is 0 Å². The predicted molar refractivity (Wildman–Crippen MR) is 109 cm³/mol. The molecule has 1 aromatic rings. The molecule has 0 spiro atoms. The van der Waals surface area contributed by atoms with Crippen molar-refractivity contribution in [3.63, 3.8) is 0 Å². The Morgan fingerprint density at radius 3 is 2.62 bits per heavy atom. The van der Waals surface area contributed by atoms with Crippen molar-refractivity contribution in [2.45, 2.75) is 56.4 Å². The molecular formula is C21H25ClF3N3O4. The number of piperidine rings is 1. The SMILES string of the molecule is O=C(COc1ccc(Cl)c(F)c1)NC12CC(C(=O)NCC3CCC(OC(F)F)CN3)(C1)C2. The molecule has 11 heteroatoms. The molecule has 4 fully saturated rings. The summed E-state index contributed by atoms with van der Waals surface area (Å²) in [7, 11) is 0. The second-order valence-corrected chi connectivity index (χ2v) is 9.32. The number of alkyl halides is 2. The minimum absolute atomic E-state index is 0.0207. The van der Waals surface area contributed by atoms with Crippen LogP contribution in [0.5, 0.6) is 5.75 Å². The van der Waals surface area contributed by atoms with Gasteiger partial charge in [0.2, 0.25) is 5.91 Å². The number of carbonyl (C=O) groups is 2. The topological polar surface area (TPSA) is 88.7 Å². The molecule has 2 amide bonds. The second kappa shape index (κ2) is 9.07. The summed E-state index contributed by atoms with van der Waals surface area (Å²) in [4.78, 5) is 24.8. The summed E-state index contributed by atoms with van der Waals surface area (Å²) in [5, 5.41) is 8.95. The van der Waals surface area contributed by atoms with Crippen LogP contribution in [0.15, 0.2) is 18.2 Å². The molecule has 0 aromatic heterocycles. The molecule has 3 N–H and O–H groups in total. The molecule has 3 saturated carbocycles. The van der Waals surface area contributed by atoms with Gasteiger partial charge in [0, 0.05) is 30.7 Å². The van der Waals surface area contributed by atoms with Crippen LogP contribution in [0.4, 0.5) is 13.2 Å². The molecule has 1 aromatic carbocycles. The second-order valence-electron chi connectivity index (χ2n) is 8.92. The first-order chi connectivity index (χ1) is 15.2.